The number of aryl methyl sites for hydroxylation is 1. The summed E-state index contributed by atoms with van der Waals surface area (Å²) in [5.41, 5.74) is 2.90. The molecule has 0 heterocycles. The zero-order valence-corrected chi connectivity index (χ0v) is 14.4. The van der Waals surface area contributed by atoms with Gasteiger partial charge in [-0.05, 0) is 42.5 Å². The van der Waals surface area contributed by atoms with Crippen LogP contribution in [-0.2, 0) is 6.42 Å². The van der Waals surface area contributed by atoms with E-state index in [1.807, 2.05) is 30.5 Å². The van der Waals surface area contributed by atoms with Crippen LogP contribution in [-0.4, -0.2) is 17.3 Å². The van der Waals surface area contributed by atoms with Gasteiger partial charge in [-0.1, -0.05) is 43.0 Å². The minimum absolute atomic E-state index is 0.240. The fraction of sp³-hybridized carbons (Fsp3) is 0.167. The average molecular weight is 338 g/mol. The van der Waals surface area contributed by atoms with E-state index in [-0.39, 0.29) is 5.91 Å². The summed E-state index contributed by atoms with van der Waals surface area (Å²) >= 11 is 1.30. The normalized spacial score (nSPS) is 10.8. The van der Waals surface area contributed by atoms with Crippen LogP contribution in [0.1, 0.15) is 22.8 Å². The third-order valence-corrected chi connectivity index (χ3v) is 3.93. The van der Waals surface area contributed by atoms with Crippen molar-refractivity contribution in [3.63, 3.8) is 0 Å². The van der Waals surface area contributed by atoms with Gasteiger partial charge in [0.25, 0.3) is 5.91 Å². The Kier molecular flexibility index (Phi) is 6.41. The highest BCUT2D eigenvalue weighted by atomic mass is 32.2. The van der Waals surface area contributed by atoms with Crippen LogP contribution in [0.15, 0.2) is 53.5 Å². The number of carbonyl (C=O) groups is 1. The van der Waals surface area contributed by atoms with Crippen molar-refractivity contribution in [3.8, 4) is 6.19 Å². The van der Waals surface area contributed by atoms with Gasteiger partial charge in [-0.3, -0.25) is 10.1 Å². The summed E-state index contributed by atoms with van der Waals surface area (Å²) in [4.78, 5) is 16.9. The van der Waals surface area contributed by atoms with Crippen LogP contribution in [0.2, 0.25) is 0 Å². The molecule has 0 aromatic heterocycles. The molecule has 0 atom stereocenters. The van der Waals surface area contributed by atoms with Crippen LogP contribution >= 0.6 is 11.8 Å². The molecule has 2 aromatic carbocycles. The zero-order valence-electron chi connectivity index (χ0n) is 13.5. The van der Waals surface area contributed by atoms with Crippen molar-refractivity contribution >= 4 is 34.2 Å². The minimum atomic E-state index is -0.240. The van der Waals surface area contributed by atoms with Crippen LogP contribution in [0.25, 0.3) is 0 Å². The quantitative estimate of drug-likeness (QED) is 0.383. The lowest BCUT2D eigenvalue weighted by Gasteiger charge is -2.09. The van der Waals surface area contributed by atoms with Crippen molar-refractivity contribution in [2.75, 3.05) is 11.6 Å². The van der Waals surface area contributed by atoms with Crippen molar-refractivity contribution < 1.29 is 4.79 Å². The number of hydrogen-bond donors (Lipinski definition) is 2. The number of amides is 1. The molecule has 0 aliphatic heterocycles. The van der Waals surface area contributed by atoms with Gasteiger partial charge in [0.2, 0.25) is 0 Å². The van der Waals surface area contributed by atoms with Crippen molar-refractivity contribution in [1.29, 1.82) is 5.26 Å². The number of rotatable bonds is 4. The van der Waals surface area contributed by atoms with Crippen LogP contribution in [0.5, 0.6) is 0 Å². The number of aliphatic imine (C=N–C) groups is 1. The number of amidine groups is 1. The third kappa shape index (κ3) is 4.61. The summed E-state index contributed by atoms with van der Waals surface area (Å²) in [5.74, 6) is -0.240. The molecule has 0 saturated carbocycles. The second kappa shape index (κ2) is 8.75. The summed E-state index contributed by atoms with van der Waals surface area (Å²) in [5, 5.41) is 14.5. The van der Waals surface area contributed by atoms with Crippen LogP contribution in [0, 0.1) is 11.5 Å². The minimum Gasteiger partial charge on any atom is -0.322 e. The van der Waals surface area contributed by atoms with E-state index >= 15 is 0 Å². The van der Waals surface area contributed by atoms with Gasteiger partial charge in [-0.2, -0.15) is 5.26 Å². The maximum Gasteiger partial charge on any atom is 0.257 e. The van der Waals surface area contributed by atoms with Crippen molar-refractivity contribution in [2.24, 2.45) is 4.99 Å². The van der Waals surface area contributed by atoms with Crippen molar-refractivity contribution in [2.45, 2.75) is 13.3 Å². The summed E-state index contributed by atoms with van der Waals surface area (Å²) in [6.45, 7) is 2.08. The van der Waals surface area contributed by atoms with E-state index < -0.39 is 0 Å². The van der Waals surface area contributed by atoms with E-state index in [1.165, 1.54) is 17.3 Å². The van der Waals surface area contributed by atoms with Gasteiger partial charge in [-0.15, -0.1) is 0 Å². The monoisotopic (exact) mass is 338 g/mol. The molecule has 0 fully saturated rings. The fourth-order valence-electron chi connectivity index (χ4n) is 2.07. The second-order valence-electron chi connectivity index (χ2n) is 4.88. The Labute approximate surface area is 145 Å². The number of hydrogen-bond acceptors (Lipinski definition) is 4. The first-order chi connectivity index (χ1) is 11.7. The summed E-state index contributed by atoms with van der Waals surface area (Å²) < 4.78 is 0. The highest BCUT2D eigenvalue weighted by molar-refractivity contribution is 8.13. The van der Waals surface area contributed by atoms with Gasteiger partial charge in [0, 0.05) is 5.69 Å². The van der Waals surface area contributed by atoms with Gasteiger partial charge in [0.15, 0.2) is 11.4 Å². The molecule has 5 nitrogen and oxygen atoms in total. The highest BCUT2D eigenvalue weighted by Crippen LogP contribution is 2.22. The maximum absolute atomic E-state index is 12.5. The van der Waals surface area contributed by atoms with Gasteiger partial charge in [0.1, 0.15) is 0 Å². The molecule has 2 aromatic rings. The Hall–Kier alpha value is -2.78. The Morgan fingerprint density at radius 2 is 1.92 bits per heavy atom. The lowest BCUT2D eigenvalue weighted by atomic mass is 10.1. The molecule has 122 valence electrons. The molecule has 2 rings (SSSR count). The van der Waals surface area contributed by atoms with Crippen molar-refractivity contribution in [3.05, 3.63) is 59.7 Å². The van der Waals surface area contributed by atoms with Gasteiger partial charge >= 0.3 is 0 Å². The van der Waals surface area contributed by atoms with Gasteiger partial charge in [-0.25, -0.2) is 4.99 Å². The number of anilines is 1. The number of nitrogens with zero attached hydrogens (tertiary/aromatic N) is 2. The Bertz CT molecular complexity index is 778. The van der Waals surface area contributed by atoms with Gasteiger partial charge in [0.05, 0.1) is 11.3 Å². The molecule has 0 unspecified atom stereocenters. The SMILES string of the molecule is CCc1ccc(NC(=O)c2ccccc2N=C(NC#N)SC)cc1. The molecule has 0 aliphatic rings. The topological polar surface area (TPSA) is 77.3 Å². The highest BCUT2D eigenvalue weighted by Gasteiger charge is 2.11. The Balaban J connectivity index is 2.24. The summed E-state index contributed by atoms with van der Waals surface area (Å²) in [7, 11) is 0. The molecule has 0 bridgehead atoms. The zero-order chi connectivity index (χ0) is 17.4. The molecule has 1 amide bonds. The Morgan fingerprint density at radius 1 is 1.21 bits per heavy atom. The number of benzene rings is 2. The molecular formula is C18H18N4OS. The first-order valence-electron chi connectivity index (χ1n) is 7.45. The lowest BCUT2D eigenvalue weighted by molar-refractivity contribution is 0.102. The number of para-hydroxylation sites is 1. The maximum atomic E-state index is 12.5. The summed E-state index contributed by atoms with van der Waals surface area (Å²) in [6, 6.07) is 14.8. The molecule has 0 aliphatic carbocycles. The standard InChI is InChI=1S/C18H18N4OS/c1-3-13-8-10-14(11-9-13)21-17(23)15-6-4-5-7-16(15)22-18(24-2)20-12-19/h4-11H,3H2,1-2H3,(H,20,22)(H,21,23). The van der Waals surface area contributed by atoms with E-state index in [4.69, 9.17) is 5.26 Å². The average Bonchev–Trinajstić information content (AvgIpc) is 2.62. The Morgan fingerprint density at radius 3 is 2.54 bits per heavy atom. The first kappa shape index (κ1) is 17.6. The fourth-order valence-corrected chi connectivity index (χ4v) is 2.40. The first-order valence-corrected chi connectivity index (χ1v) is 8.67. The molecule has 0 saturated heterocycles. The van der Waals surface area contributed by atoms with Crippen LogP contribution in [0.3, 0.4) is 0 Å². The predicted molar refractivity (Wildman–Crippen MR) is 99.6 cm³/mol. The number of nitriles is 1. The second-order valence-corrected chi connectivity index (χ2v) is 5.67. The molecule has 0 spiro atoms. The van der Waals surface area contributed by atoms with E-state index in [9.17, 15) is 4.79 Å². The van der Waals surface area contributed by atoms with E-state index in [1.54, 1.807) is 30.5 Å². The molecule has 6 heteroatoms. The number of thioether (sulfide) groups is 1. The van der Waals surface area contributed by atoms with E-state index in [2.05, 4.69) is 22.5 Å². The van der Waals surface area contributed by atoms with E-state index in [0.717, 1.165) is 12.1 Å². The summed E-state index contributed by atoms with van der Waals surface area (Å²) in [6.07, 6.45) is 4.60. The predicted octanol–water partition coefficient (Wildman–Crippen LogP) is 3.92. The molecule has 24 heavy (non-hydrogen) atoms. The number of nitrogens with one attached hydrogen (secondary N) is 2. The van der Waals surface area contributed by atoms with Crippen molar-refractivity contribution in [1.82, 2.24) is 5.32 Å². The lowest BCUT2D eigenvalue weighted by Crippen LogP contribution is -2.14. The smallest absolute Gasteiger partial charge is 0.257 e. The molecule has 0 radical (unpaired) electrons. The largest absolute Gasteiger partial charge is 0.322 e. The third-order valence-electron chi connectivity index (χ3n) is 3.35. The van der Waals surface area contributed by atoms with E-state index in [0.29, 0.717) is 16.4 Å². The van der Waals surface area contributed by atoms with Crippen LogP contribution in [0.4, 0.5) is 11.4 Å². The molecular weight excluding hydrogens is 320 g/mol. The molecule has 2 N–H and O–H groups in total. The van der Waals surface area contributed by atoms with Crippen LogP contribution < -0.4 is 10.6 Å². The van der Waals surface area contributed by atoms with Gasteiger partial charge < -0.3 is 5.32 Å². The number of carbonyl (C=O) groups excluding carboxylic acids is 1.